The van der Waals surface area contributed by atoms with Gasteiger partial charge in [0.05, 0.1) is 6.61 Å². The highest BCUT2D eigenvalue weighted by Gasteiger charge is 2.57. The second-order valence-corrected chi connectivity index (χ2v) is 6.49. The molecule has 0 aromatic heterocycles. The van der Waals surface area contributed by atoms with E-state index in [-0.39, 0.29) is 18.7 Å². The van der Waals surface area contributed by atoms with Gasteiger partial charge in [-0.05, 0) is 24.5 Å². The molecule has 0 spiro atoms. The third kappa shape index (κ3) is 2.21. The maximum atomic E-state index is 12.0. The molecule has 3 fully saturated rings. The minimum absolute atomic E-state index is 0.135. The molecule has 8 nitrogen and oxygen atoms in total. The van der Waals surface area contributed by atoms with Crippen molar-refractivity contribution in [1.29, 1.82) is 0 Å². The summed E-state index contributed by atoms with van der Waals surface area (Å²) in [6.07, 6.45) is -1.68. The second kappa shape index (κ2) is 5.82. The maximum Gasteiger partial charge on any atom is 0.410 e. The zero-order chi connectivity index (χ0) is 17.0. The van der Waals surface area contributed by atoms with Crippen LogP contribution in [-0.2, 0) is 14.2 Å². The summed E-state index contributed by atoms with van der Waals surface area (Å²) in [6.45, 7) is 2.36. The number of nitrogens with zero attached hydrogens (tertiary/aromatic N) is 1. The molecule has 8 heteroatoms. The van der Waals surface area contributed by atoms with E-state index in [1.54, 1.807) is 4.90 Å². The molecule has 4 aliphatic rings. The first-order valence-electron chi connectivity index (χ1n) is 8.18. The Bertz CT molecular complexity index is 603. The predicted octanol–water partition coefficient (Wildman–Crippen LogP) is -0.710. The number of carbonyl (C=O) groups is 1. The Labute approximate surface area is 138 Å². The quantitative estimate of drug-likeness (QED) is 0.610. The minimum Gasteiger partial charge on any atom is -0.440 e. The van der Waals surface area contributed by atoms with Gasteiger partial charge in [-0.15, -0.1) is 0 Å². The molecule has 2 saturated heterocycles. The molecule has 3 N–H and O–H groups in total. The Morgan fingerprint density at radius 2 is 2.12 bits per heavy atom. The summed E-state index contributed by atoms with van der Waals surface area (Å²) in [5, 5.41) is 29.5. The third-order valence-corrected chi connectivity index (χ3v) is 5.16. The molecule has 1 aliphatic carbocycles. The van der Waals surface area contributed by atoms with E-state index in [1.165, 1.54) is 0 Å². The van der Waals surface area contributed by atoms with Crippen LogP contribution >= 0.6 is 0 Å². The van der Waals surface area contributed by atoms with Crippen molar-refractivity contribution in [2.75, 3.05) is 13.2 Å². The van der Waals surface area contributed by atoms with E-state index < -0.39 is 36.8 Å². The highest BCUT2D eigenvalue weighted by atomic mass is 16.7. The van der Waals surface area contributed by atoms with Crippen LogP contribution in [0, 0.1) is 0 Å². The van der Waals surface area contributed by atoms with Crippen LogP contribution in [0.5, 0.6) is 0 Å². The van der Waals surface area contributed by atoms with Crippen LogP contribution in [-0.4, -0.2) is 82.3 Å². The summed E-state index contributed by atoms with van der Waals surface area (Å²) in [5.41, 5.74) is 1.91. The van der Waals surface area contributed by atoms with E-state index in [1.807, 2.05) is 13.0 Å². The van der Waals surface area contributed by atoms with Gasteiger partial charge in [0, 0.05) is 6.54 Å². The summed E-state index contributed by atoms with van der Waals surface area (Å²) >= 11 is 0. The van der Waals surface area contributed by atoms with E-state index in [9.17, 15) is 20.1 Å². The topological polar surface area (TPSA) is 109 Å². The fraction of sp³-hybridized carbons (Fsp3) is 0.688. The molecule has 0 aromatic carbocycles. The molecule has 3 heterocycles. The molecule has 4 rings (SSSR count). The largest absolute Gasteiger partial charge is 0.440 e. The summed E-state index contributed by atoms with van der Waals surface area (Å²) in [6, 6.07) is -0.182. The molecule has 3 aliphatic heterocycles. The Kier molecular flexibility index (Phi) is 3.89. The van der Waals surface area contributed by atoms with E-state index in [4.69, 9.17) is 14.2 Å². The van der Waals surface area contributed by atoms with Gasteiger partial charge in [-0.3, -0.25) is 4.90 Å². The van der Waals surface area contributed by atoms with E-state index in [2.05, 4.69) is 6.08 Å². The summed E-state index contributed by atoms with van der Waals surface area (Å²) in [5.74, 6) is 0. The summed E-state index contributed by atoms with van der Waals surface area (Å²) < 4.78 is 16.7. The number of aliphatic hydroxyl groups is 3. The fourth-order valence-electron chi connectivity index (χ4n) is 3.98. The van der Waals surface area contributed by atoms with Crippen molar-refractivity contribution in [3.8, 4) is 0 Å². The van der Waals surface area contributed by atoms with Gasteiger partial charge in [0.15, 0.2) is 12.4 Å². The fourth-order valence-corrected chi connectivity index (χ4v) is 3.98. The Morgan fingerprint density at radius 3 is 2.88 bits per heavy atom. The molecular weight excluding hydrogens is 318 g/mol. The van der Waals surface area contributed by atoms with Crippen LogP contribution in [0.3, 0.4) is 0 Å². The van der Waals surface area contributed by atoms with Crippen molar-refractivity contribution in [2.45, 2.75) is 56.2 Å². The first-order valence-corrected chi connectivity index (χ1v) is 8.18. The highest BCUT2D eigenvalue weighted by molar-refractivity contribution is 5.74. The van der Waals surface area contributed by atoms with E-state index >= 15 is 0 Å². The molecule has 24 heavy (non-hydrogen) atoms. The number of allylic oxidation sites excluding steroid dienone is 1. The number of hydrogen-bond donors (Lipinski definition) is 3. The number of carbonyl (C=O) groups excluding carboxylic acids is 1. The summed E-state index contributed by atoms with van der Waals surface area (Å²) in [4.78, 5) is 13.7. The molecular formula is C16H21NO7. The molecule has 0 aromatic rings. The molecule has 7 unspecified atom stereocenters. The molecule has 7 atom stereocenters. The first-order chi connectivity index (χ1) is 11.5. The van der Waals surface area contributed by atoms with Gasteiger partial charge in [-0.1, -0.05) is 12.2 Å². The molecule has 1 saturated carbocycles. The minimum atomic E-state index is -1.38. The van der Waals surface area contributed by atoms with Crippen LogP contribution in [0.4, 0.5) is 4.79 Å². The summed E-state index contributed by atoms with van der Waals surface area (Å²) in [7, 11) is 0. The zero-order valence-corrected chi connectivity index (χ0v) is 13.2. The normalized spacial score (nSPS) is 46.1. The van der Waals surface area contributed by atoms with Crippen molar-refractivity contribution in [3.05, 3.63) is 23.3 Å². The standard InChI is InChI=1S/C16H21NO7/c1-2-7-8-4-3-5-17-10(8)14(24-16(17)21)13(7)23-15-12(20)11(19)9(18)6-22-15/h2,4,9-15,18-20H,3,5-6H2,1H3. The molecule has 0 bridgehead atoms. The molecule has 0 radical (unpaired) electrons. The number of ether oxygens (including phenoxy) is 3. The average Bonchev–Trinajstić information content (AvgIpc) is 3.07. The van der Waals surface area contributed by atoms with Crippen LogP contribution in [0.25, 0.3) is 0 Å². The Morgan fingerprint density at radius 1 is 1.33 bits per heavy atom. The van der Waals surface area contributed by atoms with Gasteiger partial charge < -0.3 is 29.5 Å². The smallest absolute Gasteiger partial charge is 0.410 e. The number of rotatable bonds is 2. The third-order valence-electron chi connectivity index (χ3n) is 5.16. The second-order valence-electron chi connectivity index (χ2n) is 6.49. The van der Waals surface area contributed by atoms with Gasteiger partial charge in [0.1, 0.15) is 30.5 Å². The van der Waals surface area contributed by atoms with Crippen LogP contribution in [0.15, 0.2) is 23.3 Å². The van der Waals surface area contributed by atoms with Crippen LogP contribution in [0.1, 0.15) is 13.3 Å². The molecule has 132 valence electrons. The number of amides is 1. The lowest BCUT2D eigenvalue weighted by Gasteiger charge is -2.36. The SMILES string of the molecule is CC=C1C2=CCCN3C(=O)OC(C1OC1OCC(O)C(O)C1O)C23. The van der Waals surface area contributed by atoms with Gasteiger partial charge in [0.25, 0.3) is 0 Å². The van der Waals surface area contributed by atoms with Gasteiger partial charge in [-0.25, -0.2) is 4.79 Å². The monoisotopic (exact) mass is 339 g/mol. The first kappa shape index (κ1) is 16.0. The maximum absolute atomic E-state index is 12.0. The van der Waals surface area contributed by atoms with Crippen LogP contribution < -0.4 is 0 Å². The van der Waals surface area contributed by atoms with E-state index in [0.29, 0.717) is 6.54 Å². The molecule has 1 amide bonds. The Balaban J connectivity index is 1.60. The average molecular weight is 339 g/mol. The van der Waals surface area contributed by atoms with Crippen molar-refractivity contribution in [1.82, 2.24) is 4.90 Å². The van der Waals surface area contributed by atoms with Crippen LogP contribution in [0.2, 0.25) is 0 Å². The van der Waals surface area contributed by atoms with Gasteiger partial charge in [0.2, 0.25) is 0 Å². The lowest BCUT2D eigenvalue weighted by molar-refractivity contribution is -0.283. The Hall–Kier alpha value is -1.45. The van der Waals surface area contributed by atoms with Crippen molar-refractivity contribution < 1.29 is 34.3 Å². The highest BCUT2D eigenvalue weighted by Crippen LogP contribution is 2.45. The van der Waals surface area contributed by atoms with Crippen molar-refractivity contribution >= 4 is 6.09 Å². The van der Waals surface area contributed by atoms with Gasteiger partial charge >= 0.3 is 6.09 Å². The number of aliphatic hydroxyl groups excluding tert-OH is 3. The lowest BCUT2D eigenvalue weighted by atomic mass is 10.0. The van der Waals surface area contributed by atoms with E-state index in [0.717, 1.165) is 17.6 Å². The predicted molar refractivity (Wildman–Crippen MR) is 79.9 cm³/mol. The number of hydrogen-bond acceptors (Lipinski definition) is 7. The van der Waals surface area contributed by atoms with Gasteiger partial charge in [-0.2, -0.15) is 0 Å². The van der Waals surface area contributed by atoms with Crippen molar-refractivity contribution in [3.63, 3.8) is 0 Å². The zero-order valence-electron chi connectivity index (χ0n) is 13.2. The van der Waals surface area contributed by atoms with Crippen molar-refractivity contribution in [2.24, 2.45) is 0 Å². The lowest BCUT2D eigenvalue weighted by Crippen LogP contribution is -2.55.